The van der Waals surface area contributed by atoms with Crippen LogP contribution in [0.3, 0.4) is 0 Å². The van der Waals surface area contributed by atoms with Crippen molar-refractivity contribution in [1.29, 1.82) is 0 Å². The third kappa shape index (κ3) is 2.41. The fraction of sp³-hybridized carbons (Fsp3) is 0.556. The summed E-state index contributed by atoms with van der Waals surface area (Å²) in [4.78, 5) is 8.13. The molecule has 76 valence electrons. The Labute approximate surface area is 90.3 Å². The van der Waals surface area contributed by atoms with Crippen LogP contribution in [0, 0.1) is 5.92 Å². The Morgan fingerprint density at radius 3 is 2.64 bits per heavy atom. The normalized spacial score (nSPS) is 25.6. The van der Waals surface area contributed by atoms with E-state index in [4.69, 9.17) is 0 Å². The zero-order valence-corrected chi connectivity index (χ0v) is 9.17. The zero-order valence-electron chi connectivity index (χ0n) is 7.58. The molecular weight excluding hydrogens is 249 g/mol. The molecule has 0 amide bonds. The van der Waals surface area contributed by atoms with Gasteiger partial charge in [-0.15, -0.1) is 0 Å². The molecule has 3 nitrogen and oxygen atoms in total. The number of alkyl halides is 1. The third-order valence-corrected chi connectivity index (χ3v) is 2.76. The van der Waals surface area contributed by atoms with Crippen LogP contribution < -0.4 is 5.32 Å². The lowest BCUT2D eigenvalue weighted by molar-refractivity contribution is 0.140. The van der Waals surface area contributed by atoms with E-state index < -0.39 is 6.17 Å². The van der Waals surface area contributed by atoms with Crippen LogP contribution in [0.25, 0.3) is 0 Å². The van der Waals surface area contributed by atoms with Crippen LogP contribution in [0.15, 0.2) is 16.9 Å². The lowest BCUT2D eigenvalue weighted by Gasteiger charge is -2.29. The van der Waals surface area contributed by atoms with E-state index in [-0.39, 0.29) is 0 Å². The topological polar surface area (TPSA) is 37.8 Å². The van der Waals surface area contributed by atoms with Crippen LogP contribution in [0.5, 0.6) is 0 Å². The molecule has 1 aliphatic rings. The summed E-state index contributed by atoms with van der Waals surface area (Å²) in [7, 11) is 0. The molecular formula is C9H11BrFN3. The van der Waals surface area contributed by atoms with Crippen LogP contribution >= 0.6 is 15.9 Å². The van der Waals surface area contributed by atoms with Gasteiger partial charge in [-0.3, -0.25) is 0 Å². The summed E-state index contributed by atoms with van der Waals surface area (Å²) in [6, 6.07) is 0. The fourth-order valence-corrected chi connectivity index (χ4v) is 1.66. The van der Waals surface area contributed by atoms with Crippen molar-refractivity contribution >= 4 is 21.9 Å². The first kappa shape index (κ1) is 9.83. The van der Waals surface area contributed by atoms with Crippen molar-refractivity contribution in [1.82, 2.24) is 9.97 Å². The van der Waals surface area contributed by atoms with Gasteiger partial charge in [0.1, 0.15) is 6.17 Å². The zero-order chi connectivity index (χ0) is 9.97. The summed E-state index contributed by atoms with van der Waals surface area (Å²) in [5.41, 5.74) is 0. The van der Waals surface area contributed by atoms with Crippen molar-refractivity contribution in [2.24, 2.45) is 5.92 Å². The maximum atomic E-state index is 12.5. The minimum absolute atomic E-state index is 0.442. The maximum Gasteiger partial charge on any atom is 0.222 e. The predicted molar refractivity (Wildman–Crippen MR) is 55.8 cm³/mol. The van der Waals surface area contributed by atoms with Gasteiger partial charge < -0.3 is 5.32 Å². The van der Waals surface area contributed by atoms with Crippen molar-refractivity contribution in [3.63, 3.8) is 0 Å². The molecule has 0 bridgehead atoms. The summed E-state index contributed by atoms with van der Waals surface area (Å²) in [5.74, 6) is 1.05. The van der Waals surface area contributed by atoms with Gasteiger partial charge in [0.2, 0.25) is 5.95 Å². The second kappa shape index (κ2) is 4.21. The molecule has 2 rings (SSSR count). The molecule has 1 aromatic rings. The number of hydrogen-bond donors (Lipinski definition) is 1. The molecule has 0 aliphatic heterocycles. The highest BCUT2D eigenvalue weighted by Crippen LogP contribution is 2.29. The van der Waals surface area contributed by atoms with Crippen LogP contribution in [0.1, 0.15) is 12.8 Å². The summed E-state index contributed by atoms with van der Waals surface area (Å²) in [6.07, 6.45) is 4.13. The molecule has 0 radical (unpaired) electrons. The minimum Gasteiger partial charge on any atom is -0.354 e. The second-order valence-corrected chi connectivity index (χ2v) is 4.46. The van der Waals surface area contributed by atoms with Gasteiger partial charge in [-0.1, -0.05) is 0 Å². The first-order valence-electron chi connectivity index (χ1n) is 4.59. The van der Waals surface area contributed by atoms with Crippen LogP contribution in [0.2, 0.25) is 0 Å². The Morgan fingerprint density at radius 1 is 1.43 bits per heavy atom. The molecule has 0 saturated heterocycles. The molecule has 5 heteroatoms. The largest absolute Gasteiger partial charge is 0.354 e. The van der Waals surface area contributed by atoms with Crippen LogP contribution in [0.4, 0.5) is 10.3 Å². The number of halogens is 2. The lowest BCUT2D eigenvalue weighted by Crippen LogP contribution is -2.30. The summed E-state index contributed by atoms with van der Waals surface area (Å²) in [6.45, 7) is 0.766. The van der Waals surface area contributed by atoms with E-state index in [0.717, 1.165) is 11.0 Å². The average molecular weight is 260 g/mol. The fourth-order valence-electron chi connectivity index (χ4n) is 1.46. The van der Waals surface area contributed by atoms with Gasteiger partial charge in [-0.25, -0.2) is 14.4 Å². The summed E-state index contributed by atoms with van der Waals surface area (Å²) >= 11 is 3.26. The van der Waals surface area contributed by atoms with Gasteiger partial charge >= 0.3 is 0 Å². The Morgan fingerprint density at radius 2 is 2.07 bits per heavy atom. The molecule has 1 heterocycles. The summed E-state index contributed by atoms with van der Waals surface area (Å²) in [5, 5.41) is 3.08. The van der Waals surface area contributed by atoms with E-state index in [1.807, 2.05) is 0 Å². The quantitative estimate of drug-likeness (QED) is 0.906. The van der Waals surface area contributed by atoms with Crippen LogP contribution in [-0.4, -0.2) is 22.7 Å². The number of nitrogens with zero attached hydrogens (tertiary/aromatic N) is 2. The summed E-state index contributed by atoms with van der Waals surface area (Å²) < 4.78 is 13.3. The minimum atomic E-state index is -0.590. The molecule has 1 N–H and O–H groups in total. The Hall–Kier alpha value is -0.710. The third-order valence-electron chi connectivity index (χ3n) is 2.35. The highest BCUT2D eigenvalue weighted by Gasteiger charge is 2.28. The van der Waals surface area contributed by atoms with Crippen molar-refractivity contribution in [2.45, 2.75) is 19.0 Å². The monoisotopic (exact) mass is 259 g/mol. The standard InChI is InChI=1S/C9H11BrFN3/c10-7-4-13-9(14-5-7)12-3-6-1-8(11)2-6/h4-6,8H,1-3H2,(H,12,13,14). The van der Waals surface area contributed by atoms with Crippen LogP contribution in [-0.2, 0) is 0 Å². The smallest absolute Gasteiger partial charge is 0.222 e. The molecule has 1 aliphatic carbocycles. The van der Waals surface area contributed by atoms with E-state index >= 15 is 0 Å². The number of anilines is 1. The molecule has 1 fully saturated rings. The number of rotatable bonds is 3. The van der Waals surface area contributed by atoms with Crippen molar-refractivity contribution in [3.8, 4) is 0 Å². The average Bonchev–Trinajstić information content (AvgIpc) is 2.13. The molecule has 0 atom stereocenters. The number of hydrogen-bond acceptors (Lipinski definition) is 3. The Balaban J connectivity index is 1.78. The Bertz CT molecular complexity index is 297. The highest BCUT2D eigenvalue weighted by molar-refractivity contribution is 9.10. The van der Waals surface area contributed by atoms with Gasteiger partial charge in [-0.2, -0.15) is 0 Å². The first-order chi connectivity index (χ1) is 6.74. The van der Waals surface area contributed by atoms with Crippen molar-refractivity contribution < 1.29 is 4.39 Å². The SMILES string of the molecule is FC1CC(CNc2ncc(Br)cn2)C1. The van der Waals surface area contributed by atoms with Gasteiger partial charge in [0.15, 0.2) is 0 Å². The number of nitrogens with one attached hydrogen (secondary N) is 1. The van der Waals surface area contributed by atoms with Gasteiger partial charge in [0.25, 0.3) is 0 Å². The molecule has 0 aromatic carbocycles. The van der Waals surface area contributed by atoms with Gasteiger partial charge in [0.05, 0.1) is 4.47 Å². The van der Waals surface area contributed by atoms with Gasteiger partial charge in [-0.05, 0) is 34.7 Å². The van der Waals surface area contributed by atoms with E-state index in [1.165, 1.54) is 0 Å². The van der Waals surface area contributed by atoms with Crippen molar-refractivity contribution in [3.05, 3.63) is 16.9 Å². The van der Waals surface area contributed by atoms with E-state index in [0.29, 0.717) is 24.7 Å². The Kier molecular flexibility index (Phi) is 2.96. The predicted octanol–water partition coefficient (Wildman–Crippen LogP) is 2.40. The highest BCUT2D eigenvalue weighted by atomic mass is 79.9. The molecule has 0 spiro atoms. The molecule has 1 saturated carbocycles. The molecule has 14 heavy (non-hydrogen) atoms. The molecule has 0 unspecified atom stereocenters. The van der Waals surface area contributed by atoms with E-state index in [9.17, 15) is 4.39 Å². The number of aromatic nitrogens is 2. The van der Waals surface area contributed by atoms with Crippen molar-refractivity contribution in [2.75, 3.05) is 11.9 Å². The lowest BCUT2D eigenvalue weighted by atomic mass is 9.83. The molecule has 1 aromatic heterocycles. The first-order valence-corrected chi connectivity index (χ1v) is 5.39. The van der Waals surface area contributed by atoms with E-state index in [2.05, 4.69) is 31.2 Å². The van der Waals surface area contributed by atoms with Gasteiger partial charge in [0, 0.05) is 18.9 Å². The van der Waals surface area contributed by atoms with E-state index in [1.54, 1.807) is 12.4 Å². The second-order valence-electron chi connectivity index (χ2n) is 3.54. The maximum absolute atomic E-state index is 12.5.